The molecular weight excluding hydrogens is 406 g/mol. The Kier molecular flexibility index (Phi) is 6.39. The van der Waals surface area contributed by atoms with E-state index < -0.39 is 12.3 Å². The van der Waals surface area contributed by atoms with E-state index in [4.69, 9.17) is 25.8 Å². The highest BCUT2D eigenvalue weighted by Gasteiger charge is 2.33. The molecule has 1 fully saturated rings. The standard InChI is InChI=1S/C23H26ClNO5/c1-13-9-16(13)11-28-20(26)7-8-21(27)30-22-14(2)25-10-18-19(22)12-29-23(18)15-3-5-17(24)6-4-15/h3-6,10,13,16,20,23,26H,7-9,11-12H2,1-2H3. The van der Waals surface area contributed by atoms with Gasteiger partial charge in [0, 0.05) is 28.8 Å². The maximum Gasteiger partial charge on any atom is 0.311 e. The van der Waals surface area contributed by atoms with E-state index in [2.05, 4.69) is 11.9 Å². The van der Waals surface area contributed by atoms with Crippen LogP contribution < -0.4 is 4.74 Å². The molecule has 1 aromatic carbocycles. The first-order chi connectivity index (χ1) is 14.4. The minimum atomic E-state index is -0.955. The summed E-state index contributed by atoms with van der Waals surface area (Å²) in [6, 6.07) is 7.46. The van der Waals surface area contributed by atoms with Crippen LogP contribution in [0.1, 0.15) is 54.7 Å². The van der Waals surface area contributed by atoms with Gasteiger partial charge < -0.3 is 19.3 Å². The van der Waals surface area contributed by atoms with Gasteiger partial charge in [-0.1, -0.05) is 30.7 Å². The van der Waals surface area contributed by atoms with E-state index >= 15 is 0 Å². The van der Waals surface area contributed by atoms with Crippen LogP contribution in [-0.4, -0.2) is 29.0 Å². The normalized spacial score (nSPS) is 23.1. The Balaban J connectivity index is 1.38. The van der Waals surface area contributed by atoms with E-state index in [0.29, 0.717) is 41.5 Å². The number of aliphatic hydroxyl groups is 1. The lowest BCUT2D eigenvalue weighted by molar-refractivity contribution is -0.140. The quantitative estimate of drug-likeness (QED) is 0.495. The van der Waals surface area contributed by atoms with Crippen molar-refractivity contribution >= 4 is 17.6 Å². The van der Waals surface area contributed by atoms with Crippen molar-refractivity contribution in [3.63, 3.8) is 0 Å². The van der Waals surface area contributed by atoms with Gasteiger partial charge in [0.15, 0.2) is 12.0 Å². The minimum Gasteiger partial charge on any atom is -0.424 e. The lowest BCUT2D eigenvalue weighted by Gasteiger charge is -2.14. The molecule has 4 atom stereocenters. The third-order valence-electron chi connectivity index (χ3n) is 5.79. The molecule has 2 heterocycles. The molecule has 1 aliphatic carbocycles. The number of benzene rings is 1. The second-order valence-electron chi connectivity index (χ2n) is 8.12. The predicted octanol–water partition coefficient (Wildman–Crippen LogP) is 4.34. The van der Waals surface area contributed by atoms with Crippen molar-refractivity contribution in [3.05, 3.63) is 57.9 Å². The van der Waals surface area contributed by atoms with Crippen LogP contribution in [0.25, 0.3) is 0 Å². The van der Waals surface area contributed by atoms with Gasteiger partial charge in [0.1, 0.15) is 6.10 Å². The Morgan fingerprint density at radius 3 is 2.80 bits per heavy atom. The number of nitrogens with zero attached hydrogens (tertiary/aromatic N) is 1. The number of aryl methyl sites for hydroxylation is 1. The highest BCUT2D eigenvalue weighted by molar-refractivity contribution is 6.30. The van der Waals surface area contributed by atoms with Gasteiger partial charge in [-0.15, -0.1) is 0 Å². The van der Waals surface area contributed by atoms with Crippen molar-refractivity contribution in [3.8, 4) is 5.75 Å². The fourth-order valence-electron chi connectivity index (χ4n) is 3.69. The number of rotatable bonds is 8. The number of carbonyl (C=O) groups is 1. The van der Waals surface area contributed by atoms with Crippen molar-refractivity contribution in [1.29, 1.82) is 0 Å². The molecule has 0 radical (unpaired) electrons. The van der Waals surface area contributed by atoms with Crippen LogP contribution in [0.3, 0.4) is 0 Å². The van der Waals surface area contributed by atoms with Crippen LogP contribution in [-0.2, 0) is 20.9 Å². The number of halogens is 1. The summed E-state index contributed by atoms with van der Waals surface area (Å²) in [5.74, 6) is 1.21. The molecule has 0 amide bonds. The fourth-order valence-corrected chi connectivity index (χ4v) is 3.81. The summed E-state index contributed by atoms with van der Waals surface area (Å²) < 4.78 is 17.0. The summed E-state index contributed by atoms with van der Waals surface area (Å²) in [4.78, 5) is 16.8. The molecule has 1 N–H and O–H groups in total. The van der Waals surface area contributed by atoms with Crippen LogP contribution in [0, 0.1) is 18.8 Å². The highest BCUT2D eigenvalue weighted by Crippen LogP contribution is 2.41. The van der Waals surface area contributed by atoms with Gasteiger partial charge in [0.25, 0.3) is 0 Å². The van der Waals surface area contributed by atoms with Crippen LogP contribution >= 0.6 is 11.6 Å². The SMILES string of the molecule is Cc1ncc2c(c1OC(=O)CCC(O)OCC1CC1C)COC2c1ccc(Cl)cc1. The third-order valence-corrected chi connectivity index (χ3v) is 6.04. The van der Waals surface area contributed by atoms with Crippen LogP contribution in [0.15, 0.2) is 30.5 Å². The Morgan fingerprint density at radius 1 is 1.37 bits per heavy atom. The van der Waals surface area contributed by atoms with Gasteiger partial charge in [0.2, 0.25) is 0 Å². The molecule has 4 rings (SSSR count). The Morgan fingerprint density at radius 2 is 2.10 bits per heavy atom. The van der Waals surface area contributed by atoms with Crippen molar-refractivity contribution in [2.45, 2.75) is 52.1 Å². The minimum absolute atomic E-state index is 0.0615. The van der Waals surface area contributed by atoms with Gasteiger partial charge in [0.05, 0.1) is 25.3 Å². The number of esters is 1. The van der Waals surface area contributed by atoms with E-state index in [-0.39, 0.29) is 18.9 Å². The molecule has 4 unspecified atom stereocenters. The van der Waals surface area contributed by atoms with Gasteiger partial charge in [-0.2, -0.15) is 0 Å². The molecular formula is C23H26ClNO5. The molecule has 0 bridgehead atoms. The molecule has 1 aromatic heterocycles. The number of fused-ring (bicyclic) bond motifs is 1. The first-order valence-corrected chi connectivity index (χ1v) is 10.7. The van der Waals surface area contributed by atoms with Gasteiger partial charge in [-0.05, 0) is 42.9 Å². The fraction of sp³-hybridized carbons (Fsp3) is 0.478. The molecule has 160 valence electrons. The average molecular weight is 432 g/mol. The summed E-state index contributed by atoms with van der Waals surface area (Å²) in [5.41, 5.74) is 3.30. The largest absolute Gasteiger partial charge is 0.424 e. The van der Waals surface area contributed by atoms with E-state index in [1.807, 2.05) is 24.3 Å². The number of pyridine rings is 1. The molecule has 1 saturated carbocycles. The summed E-state index contributed by atoms with van der Waals surface area (Å²) in [6.07, 6.45) is 1.94. The second kappa shape index (κ2) is 9.02. The first kappa shape index (κ1) is 21.2. The predicted molar refractivity (Wildman–Crippen MR) is 111 cm³/mol. The number of carbonyl (C=O) groups excluding carboxylic acids is 1. The van der Waals surface area contributed by atoms with E-state index in [1.54, 1.807) is 13.1 Å². The first-order valence-electron chi connectivity index (χ1n) is 10.3. The maximum absolute atomic E-state index is 12.4. The summed E-state index contributed by atoms with van der Waals surface area (Å²) in [7, 11) is 0. The molecule has 7 heteroatoms. The van der Waals surface area contributed by atoms with Gasteiger partial charge in [-0.3, -0.25) is 9.78 Å². The molecule has 2 aliphatic rings. The van der Waals surface area contributed by atoms with Crippen molar-refractivity contribution < 1.29 is 24.1 Å². The highest BCUT2D eigenvalue weighted by atomic mass is 35.5. The number of aromatic nitrogens is 1. The van der Waals surface area contributed by atoms with E-state index in [0.717, 1.165) is 23.1 Å². The lowest BCUT2D eigenvalue weighted by atomic mass is 10.0. The zero-order chi connectivity index (χ0) is 21.3. The molecule has 30 heavy (non-hydrogen) atoms. The Labute approximate surface area is 181 Å². The summed E-state index contributed by atoms with van der Waals surface area (Å²) in [6.45, 7) is 4.83. The van der Waals surface area contributed by atoms with Gasteiger partial charge >= 0.3 is 5.97 Å². The monoisotopic (exact) mass is 431 g/mol. The van der Waals surface area contributed by atoms with E-state index in [9.17, 15) is 9.90 Å². The molecule has 0 saturated heterocycles. The molecule has 2 aromatic rings. The van der Waals surface area contributed by atoms with Crippen molar-refractivity contribution in [2.75, 3.05) is 6.61 Å². The topological polar surface area (TPSA) is 77.9 Å². The zero-order valence-electron chi connectivity index (χ0n) is 17.1. The number of hydrogen-bond acceptors (Lipinski definition) is 6. The molecule has 1 aliphatic heterocycles. The smallest absolute Gasteiger partial charge is 0.311 e. The number of hydrogen-bond donors (Lipinski definition) is 1. The second-order valence-corrected chi connectivity index (χ2v) is 8.56. The Bertz CT molecular complexity index is 917. The van der Waals surface area contributed by atoms with Crippen LogP contribution in [0.5, 0.6) is 5.75 Å². The zero-order valence-corrected chi connectivity index (χ0v) is 17.9. The Hall–Kier alpha value is -1.99. The average Bonchev–Trinajstić information content (AvgIpc) is 3.27. The summed E-state index contributed by atoms with van der Waals surface area (Å²) in [5, 5.41) is 10.6. The molecule has 0 spiro atoms. The number of ether oxygens (including phenoxy) is 3. The lowest BCUT2D eigenvalue weighted by Crippen LogP contribution is -2.18. The van der Waals surface area contributed by atoms with E-state index in [1.165, 1.54) is 0 Å². The van der Waals surface area contributed by atoms with Crippen molar-refractivity contribution in [1.82, 2.24) is 4.98 Å². The number of aliphatic hydroxyl groups excluding tert-OH is 1. The van der Waals surface area contributed by atoms with Crippen LogP contribution in [0.2, 0.25) is 5.02 Å². The van der Waals surface area contributed by atoms with Crippen LogP contribution in [0.4, 0.5) is 0 Å². The van der Waals surface area contributed by atoms with Gasteiger partial charge in [-0.25, -0.2) is 0 Å². The summed E-state index contributed by atoms with van der Waals surface area (Å²) >= 11 is 5.98. The molecule has 6 nitrogen and oxygen atoms in total. The third kappa shape index (κ3) is 4.83. The maximum atomic E-state index is 12.4. The van der Waals surface area contributed by atoms with Crippen molar-refractivity contribution in [2.24, 2.45) is 11.8 Å².